The van der Waals surface area contributed by atoms with E-state index >= 15 is 0 Å². The summed E-state index contributed by atoms with van der Waals surface area (Å²) in [6.07, 6.45) is 0. The van der Waals surface area contributed by atoms with Crippen molar-refractivity contribution in [3.63, 3.8) is 0 Å². The Balaban J connectivity index is 2.11. The highest BCUT2D eigenvalue weighted by atomic mass is 28.4. The molecule has 0 aromatic heterocycles. The van der Waals surface area contributed by atoms with Gasteiger partial charge in [-0.05, 0) is 0 Å². The second-order valence-electron chi connectivity index (χ2n) is 2.27. The van der Waals surface area contributed by atoms with E-state index < -0.39 is 0 Å². The molecule has 0 saturated carbocycles. The van der Waals surface area contributed by atoms with Gasteiger partial charge in [-0.15, -0.1) is 0 Å². The van der Waals surface area contributed by atoms with E-state index in [0.29, 0.717) is 17.6 Å². The molecule has 0 atom stereocenters. The standard InChI is InChI=1S/C4H10Si2/c1-5-3-6(2)4-5/h3-4H2,1-2H3. The van der Waals surface area contributed by atoms with Gasteiger partial charge < -0.3 is 0 Å². The lowest BCUT2D eigenvalue weighted by Gasteiger charge is -2.25. The zero-order valence-electron chi connectivity index (χ0n) is 4.41. The van der Waals surface area contributed by atoms with Crippen LogP contribution in [0.3, 0.4) is 0 Å². The average Bonchev–Trinajstić information content (AvgIpc) is 1.33. The number of rotatable bonds is 0. The Kier molecular flexibility index (Phi) is 1.15. The first-order chi connectivity index (χ1) is 2.79. The zero-order valence-corrected chi connectivity index (χ0v) is 6.41. The largest absolute Gasteiger partial charge is 0.0715 e. The van der Waals surface area contributed by atoms with Crippen molar-refractivity contribution in [2.75, 3.05) is 0 Å². The van der Waals surface area contributed by atoms with Crippen LogP contribution >= 0.6 is 0 Å². The van der Waals surface area contributed by atoms with E-state index in [-0.39, 0.29) is 0 Å². The monoisotopic (exact) mass is 114 g/mol. The van der Waals surface area contributed by atoms with E-state index in [1.165, 1.54) is 0 Å². The predicted molar refractivity (Wildman–Crippen MR) is 32.8 cm³/mol. The molecule has 0 nitrogen and oxygen atoms in total. The van der Waals surface area contributed by atoms with Gasteiger partial charge in [0.25, 0.3) is 0 Å². The van der Waals surface area contributed by atoms with E-state index in [0.717, 1.165) is 0 Å². The van der Waals surface area contributed by atoms with Gasteiger partial charge in [-0.25, -0.2) is 0 Å². The van der Waals surface area contributed by atoms with Crippen LogP contribution in [0.5, 0.6) is 0 Å². The Morgan fingerprint density at radius 2 is 1.33 bits per heavy atom. The summed E-state index contributed by atoms with van der Waals surface area (Å²) < 4.78 is 0. The van der Waals surface area contributed by atoms with Crippen LogP contribution in [0.2, 0.25) is 24.4 Å². The molecular formula is C4H10Si2. The molecule has 1 heterocycles. The third kappa shape index (κ3) is 0.735. The third-order valence-corrected chi connectivity index (χ3v) is 10.9. The van der Waals surface area contributed by atoms with Crippen LogP contribution in [0, 0.1) is 0 Å². The molecule has 1 rings (SSSR count). The lowest BCUT2D eigenvalue weighted by Crippen LogP contribution is -2.34. The van der Waals surface area contributed by atoms with Gasteiger partial charge in [0.1, 0.15) is 0 Å². The fourth-order valence-corrected chi connectivity index (χ4v) is 8.81. The molecule has 0 aromatic rings. The van der Waals surface area contributed by atoms with E-state index in [4.69, 9.17) is 0 Å². The molecule has 1 aliphatic rings. The quantitative estimate of drug-likeness (QED) is 0.417. The third-order valence-electron chi connectivity index (χ3n) is 1.21. The van der Waals surface area contributed by atoms with Gasteiger partial charge in [0.2, 0.25) is 0 Å². The predicted octanol–water partition coefficient (Wildman–Crippen LogP) is 1.33. The molecule has 0 bridgehead atoms. The van der Waals surface area contributed by atoms with Crippen molar-refractivity contribution in [2.24, 2.45) is 0 Å². The minimum atomic E-state index is 0.303. The van der Waals surface area contributed by atoms with Crippen molar-refractivity contribution in [1.29, 1.82) is 0 Å². The molecule has 0 amide bonds. The van der Waals surface area contributed by atoms with Crippen molar-refractivity contribution >= 4 is 17.6 Å². The summed E-state index contributed by atoms with van der Waals surface area (Å²) in [5, 5.41) is 0. The highest BCUT2D eigenvalue weighted by Gasteiger charge is 2.22. The van der Waals surface area contributed by atoms with E-state index in [1.807, 2.05) is 0 Å². The first-order valence-corrected chi connectivity index (χ1v) is 7.24. The molecule has 0 aliphatic carbocycles. The summed E-state index contributed by atoms with van der Waals surface area (Å²) in [7, 11) is 0.606. The van der Waals surface area contributed by atoms with Crippen molar-refractivity contribution in [2.45, 2.75) is 24.4 Å². The Morgan fingerprint density at radius 3 is 1.33 bits per heavy atom. The molecule has 0 N–H and O–H groups in total. The maximum absolute atomic E-state index is 2.45. The molecule has 1 aliphatic heterocycles. The molecule has 0 spiro atoms. The normalized spacial score (nSPS) is 27.0. The van der Waals surface area contributed by atoms with Gasteiger partial charge in [-0.1, -0.05) is 24.4 Å². The van der Waals surface area contributed by atoms with E-state index in [1.54, 1.807) is 11.3 Å². The first-order valence-electron chi connectivity index (χ1n) is 2.41. The number of hydrogen-bond donors (Lipinski definition) is 0. The first kappa shape index (κ1) is 4.59. The van der Waals surface area contributed by atoms with Gasteiger partial charge in [-0.2, -0.15) is 0 Å². The molecule has 34 valence electrons. The van der Waals surface area contributed by atoms with Gasteiger partial charge in [0.15, 0.2) is 0 Å². The van der Waals surface area contributed by atoms with Crippen molar-refractivity contribution < 1.29 is 0 Å². The average molecular weight is 114 g/mol. The minimum absolute atomic E-state index is 0.303. The zero-order chi connectivity index (χ0) is 4.57. The minimum Gasteiger partial charge on any atom is -0.0715 e. The summed E-state index contributed by atoms with van der Waals surface area (Å²) in [5.41, 5.74) is 3.35. The molecular weight excluding hydrogens is 104 g/mol. The molecule has 0 unspecified atom stereocenters. The van der Waals surface area contributed by atoms with Gasteiger partial charge in [-0.3, -0.25) is 0 Å². The molecule has 0 aromatic carbocycles. The maximum atomic E-state index is 2.45. The molecule has 1 fully saturated rings. The SMILES string of the molecule is C[Si]1C[Si](C)C1. The highest BCUT2D eigenvalue weighted by molar-refractivity contribution is 6.93. The Bertz CT molecular complexity index is 41.5. The number of hydrogen-bond acceptors (Lipinski definition) is 0. The topological polar surface area (TPSA) is 0 Å². The van der Waals surface area contributed by atoms with Crippen molar-refractivity contribution in [1.82, 2.24) is 0 Å². The lowest BCUT2D eigenvalue weighted by molar-refractivity contribution is 1.52. The van der Waals surface area contributed by atoms with Crippen LogP contribution in [0.15, 0.2) is 0 Å². The van der Waals surface area contributed by atoms with Gasteiger partial charge in [0.05, 0.1) is 0 Å². The van der Waals surface area contributed by atoms with Crippen molar-refractivity contribution in [3.8, 4) is 0 Å². The Labute approximate surface area is 42.8 Å². The molecule has 6 heavy (non-hydrogen) atoms. The Hall–Kier alpha value is 0.434. The summed E-state index contributed by atoms with van der Waals surface area (Å²) >= 11 is 0. The van der Waals surface area contributed by atoms with Crippen LogP contribution in [0.25, 0.3) is 0 Å². The van der Waals surface area contributed by atoms with Crippen LogP contribution < -0.4 is 0 Å². The van der Waals surface area contributed by atoms with Crippen LogP contribution in [-0.2, 0) is 0 Å². The van der Waals surface area contributed by atoms with Crippen LogP contribution in [0.1, 0.15) is 0 Å². The smallest absolute Gasteiger partial charge is 0.0385 e. The maximum Gasteiger partial charge on any atom is 0.0385 e. The highest BCUT2D eigenvalue weighted by Crippen LogP contribution is 2.18. The fourth-order valence-electron chi connectivity index (χ4n) is 0.979. The summed E-state index contributed by atoms with van der Waals surface area (Å²) in [5.74, 6) is 0. The second kappa shape index (κ2) is 1.50. The van der Waals surface area contributed by atoms with E-state index in [2.05, 4.69) is 13.1 Å². The van der Waals surface area contributed by atoms with E-state index in [9.17, 15) is 0 Å². The van der Waals surface area contributed by atoms with Gasteiger partial charge >= 0.3 is 0 Å². The molecule has 2 heteroatoms. The summed E-state index contributed by atoms with van der Waals surface area (Å²) in [6, 6.07) is 0. The molecule has 1 saturated heterocycles. The van der Waals surface area contributed by atoms with Crippen LogP contribution in [0.4, 0.5) is 0 Å². The molecule has 2 radical (unpaired) electrons. The second-order valence-corrected chi connectivity index (χ2v) is 8.92. The fraction of sp³-hybridized carbons (Fsp3) is 1.00. The van der Waals surface area contributed by atoms with Crippen LogP contribution in [-0.4, -0.2) is 17.6 Å². The lowest BCUT2D eigenvalue weighted by atomic mass is 11.7. The summed E-state index contributed by atoms with van der Waals surface area (Å²) in [6.45, 7) is 4.89. The van der Waals surface area contributed by atoms with Gasteiger partial charge in [0, 0.05) is 17.6 Å². The Morgan fingerprint density at radius 1 is 1.00 bits per heavy atom. The summed E-state index contributed by atoms with van der Waals surface area (Å²) in [4.78, 5) is 0. The van der Waals surface area contributed by atoms with Crippen molar-refractivity contribution in [3.05, 3.63) is 0 Å².